The Bertz CT molecular complexity index is 471. The molecule has 3 N–H and O–H groups in total. The zero-order chi connectivity index (χ0) is 12.4. The lowest BCUT2D eigenvalue weighted by Gasteiger charge is -2.05. The van der Waals surface area contributed by atoms with Crippen LogP contribution in [-0.2, 0) is 6.54 Å². The fourth-order valence-corrected chi connectivity index (χ4v) is 2.21. The van der Waals surface area contributed by atoms with E-state index >= 15 is 0 Å². The van der Waals surface area contributed by atoms with Crippen LogP contribution in [0.4, 0.5) is 5.82 Å². The van der Waals surface area contributed by atoms with E-state index in [0.717, 1.165) is 11.3 Å². The molecule has 0 bridgehead atoms. The van der Waals surface area contributed by atoms with Crippen LogP contribution in [0.1, 0.15) is 19.2 Å². The molecule has 0 atom stereocenters. The van der Waals surface area contributed by atoms with Gasteiger partial charge < -0.3 is 15.5 Å². The number of hydrogen-bond donors (Lipinski definition) is 2. The van der Waals surface area contributed by atoms with Gasteiger partial charge >= 0.3 is 5.82 Å². The number of nitrogens with two attached hydrogens (primary N) is 1. The number of nitrogens with one attached hydrogen (secondary N) is 1. The van der Waals surface area contributed by atoms with Crippen LogP contribution < -0.4 is 11.3 Å². The van der Waals surface area contributed by atoms with Crippen LogP contribution in [0, 0.1) is 10.1 Å². The first-order valence-electron chi connectivity index (χ1n) is 5.03. The molecule has 0 spiro atoms. The first-order chi connectivity index (χ1) is 8.13. The molecule has 1 aliphatic heterocycles. The third-order valence-electron chi connectivity index (χ3n) is 2.21. The summed E-state index contributed by atoms with van der Waals surface area (Å²) in [6.45, 7) is 2.51. The van der Waals surface area contributed by atoms with Gasteiger partial charge in [-0.25, -0.2) is 15.4 Å². The van der Waals surface area contributed by atoms with Crippen molar-refractivity contribution in [3.05, 3.63) is 28.3 Å². The van der Waals surface area contributed by atoms with Crippen LogP contribution in [0.15, 0.2) is 12.4 Å². The van der Waals surface area contributed by atoms with Crippen molar-refractivity contribution >= 4 is 22.7 Å². The number of aromatic nitrogens is 2. The second-order valence-electron chi connectivity index (χ2n) is 3.40. The Morgan fingerprint density at radius 3 is 3.00 bits per heavy atom. The van der Waals surface area contributed by atoms with E-state index in [-0.39, 0.29) is 5.82 Å². The molecule has 0 unspecified atom stereocenters. The number of imidazole rings is 1. The predicted molar refractivity (Wildman–Crippen MR) is 63.9 cm³/mol. The molecule has 9 heteroatoms. The first-order valence-corrected chi connectivity index (χ1v) is 5.80. The van der Waals surface area contributed by atoms with E-state index in [4.69, 9.17) is 5.84 Å². The summed E-state index contributed by atoms with van der Waals surface area (Å²) in [5.41, 5.74) is 2.76. The van der Waals surface area contributed by atoms with E-state index in [1.807, 2.05) is 6.92 Å². The van der Waals surface area contributed by atoms with Gasteiger partial charge in [0.1, 0.15) is 11.1 Å². The van der Waals surface area contributed by atoms with Gasteiger partial charge in [-0.3, -0.25) is 0 Å². The highest BCUT2D eigenvalue weighted by molar-refractivity contribution is 8.06. The molecule has 0 saturated carbocycles. The van der Waals surface area contributed by atoms with Crippen molar-refractivity contribution in [3.8, 4) is 0 Å². The monoisotopic (exact) mass is 256 g/mol. The van der Waals surface area contributed by atoms with Gasteiger partial charge in [-0.15, -0.1) is 0 Å². The van der Waals surface area contributed by atoms with Crippen molar-refractivity contribution in [2.75, 3.05) is 0 Å². The van der Waals surface area contributed by atoms with Gasteiger partial charge in [0.05, 0.1) is 6.54 Å². The summed E-state index contributed by atoms with van der Waals surface area (Å²) in [6.07, 6.45) is 3.73. The summed E-state index contributed by atoms with van der Waals surface area (Å²) < 4.78 is 2.89. The highest BCUT2D eigenvalue weighted by atomic mass is 32.2. The third-order valence-corrected chi connectivity index (χ3v) is 3.01. The lowest BCUT2D eigenvalue weighted by molar-refractivity contribution is -0.392. The summed E-state index contributed by atoms with van der Waals surface area (Å²) in [6, 6.07) is 0. The van der Waals surface area contributed by atoms with E-state index in [0.29, 0.717) is 12.4 Å². The van der Waals surface area contributed by atoms with Gasteiger partial charge in [-0.05, 0) is 11.3 Å². The van der Waals surface area contributed by atoms with Crippen LogP contribution in [0.3, 0.4) is 0 Å². The molecule has 2 rings (SSSR count). The van der Waals surface area contributed by atoms with Gasteiger partial charge in [0.25, 0.3) is 0 Å². The zero-order valence-corrected chi connectivity index (χ0v) is 9.98. The quantitative estimate of drug-likeness (QED) is 0.356. The molecular formula is C8H12N6O2S. The molecule has 8 nitrogen and oxygen atoms in total. The Hall–Kier alpha value is -1.58. The molecular weight excluding hydrogens is 244 g/mol. The maximum Gasteiger partial charge on any atom is 0.343 e. The Morgan fingerprint density at radius 1 is 1.71 bits per heavy atom. The summed E-state index contributed by atoms with van der Waals surface area (Å²) in [5.74, 6) is 6.07. The normalized spacial score (nSPS) is 15.8. The average Bonchev–Trinajstić information content (AvgIpc) is 2.85. The van der Waals surface area contributed by atoms with E-state index in [1.165, 1.54) is 22.7 Å². The number of nitro groups is 1. The van der Waals surface area contributed by atoms with E-state index in [2.05, 4.69) is 10.4 Å². The SMILES string of the molecule is CCCn1c([N+](=O)[O-])cnc1C1=CNN(N)S1. The summed E-state index contributed by atoms with van der Waals surface area (Å²) in [7, 11) is 0. The molecule has 1 aliphatic rings. The minimum absolute atomic E-state index is 0.00109. The second kappa shape index (κ2) is 4.73. The molecule has 0 aliphatic carbocycles. The zero-order valence-electron chi connectivity index (χ0n) is 9.16. The molecule has 92 valence electrons. The lowest BCUT2D eigenvalue weighted by Crippen LogP contribution is -2.30. The minimum atomic E-state index is -0.431. The topological polar surface area (TPSA) is 102 Å². The van der Waals surface area contributed by atoms with E-state index < -0.39 is 4.92 Å². The first kappa shape index (κ1) is 11.9. The Morgan fingerprint density at radius 2 is 2.47 bits per heavy atom. The predicted octanol–water partition coefficient (Wildman–Crippen LogP) is 0.842. The number of hydrogen-bond acceptors (Lipinski definition) is 7. The minimum Gasteiger partial charge on any atom is -0.358 e. The van der Waals surface area contributed by atoms with Crippen LogP contribution in [0.2, 0.25) is 0 Å². The third kappa shape index (κ3) is 2.25. The van der Waals surface area contributed by atoms with E-state index in [1.54, 1.807) is 10.8 Å². The highest BCUT2D eigenvalue weighted by Crippen LogP contribution is 2.32. The Labute approximate surface area is 102 Å². The van der Waals surface area contributed by atoms with Crippen molar-refractivity contribution < 1.29 is 4.92 Å². The van der Waals surface area contributed by atoms with Gasteiger partial charge in [0.15, 0.2) is 0 Å². The van der Waals surface area contributed by atoms with Crippen molar-refractivity contribution in [1.82, 2.24) is 19.5 Å². The fraction of sp³-hybridized carbons (Fsp3) is 0.375. The van der Waals surface area contributed by atoms with Crippen LogP contribution in [0.5, 0.6) is 0 Å². The lowest BCUT2D eigenvalue weighted by atomic mass is 10.4. The second-order valence-corrected chi connectivity index (χ2v) is 4.42. The standard InChI is InChI=1S/C8H12N6O2S/c1-2-3-12-7(13(15)16)5-10-8(12)6-4-11-14(9)17-6/h4-5,11H,2-3,9H2,1H3. The largest absolute Gasteiger partial charge is 0.358 e. The highest BCUT2D eigenvalue weighted by Gasteiger charge is 2.26. The number of rotatable bonds is 4. The van der Waals surface area contributed by atoms with Crippen molar-refractivity contribution in [1.29, 1.82) is 0 Å². The van der Waals surface area contributed by atoms with Gasteiger partial charge in [0, 0.05) is 18.1 Å². The average molecular weight is 256 g/mol. The summed E-state index contributed by atoms with van der Waals surface area (Å²) in [5, 5.41) is 10.9. The maximum absolute atomic E-state index is 10.9. The Kier molecular flexibility index (Phi) is 3.31. The fourth-order valence-electron chi connectivity index (χ4n) is 1.54. The number of nitrogens with zero attached hydrogens (tertiary/aromatic N) is 4. The Balaban J connectivity index is 2.37. The van der Waals surface area contributed by atoms with Crippen LogP contribution >= 0.6 is 11.9 Å². The van der Waals surface area contributed by atoms with Crippen molar-refractivity contribution in [2.24, 2.45) is 5.84 Å². The molecule has 0 amide bonds. The van der Waals surface area contributed by atoms with Crippen molar-refractivity contribution in [2.45, 2.75) is 19.9 Å². The molecule has 1 aromatic rings. The van der Waals surface area contributed by atoms with Gasteiger partial charge in [-0.1, -0.05) is 11.4 Å². The molecule has 0 radical (unpaired) electrons. The van der Waals surface area contributed by atoms with Crippen LogP contribution in [0.25, 0.3) is 4.91 Å². The maximum atomic E-state index is 10.9. The molecule has 1 aromatic heterocycles. The summed E-state index contributed by atoms with van der Waals surface area (Å²) in [4.78, 5) is 15.3. The molecule has 0 saturated heterocycles. The van der Waals surface area contributed by atoms with Gasteiger partial charge in [-0.2, -0.15) is 0 Å². The van der Waals surface area contributed by atoms with E-state index in [9.17, 15) is 10.1 Å². The van der Waals surface area contributed by atoms with Crippen molar-refractivity contribution in [3.63, 3.8) is 0 Å². The number of hydrazine groups is 2. The molecule has 17 heavy (non-hydrogen) atoms. The van der Waals surface area contributed by atoms with Crippen LogP contribution in [-0.4, -0.2) is 19.0 Å². The summed E-state index contributed by atoms with van der Waals surface area (Å²) >= 11 is 1.24. The van der Waals surface area contributed by atoms with Gasteiger partial charge in [0.2, 0.25) is 5.82 Å². The molecule has 0 aromatic carbocycles. The smallest absolute Gasteiger partial charge is 0.343 e. The molecule has 2 heterocycles. The molecule has 0 fully saturated rings.